The van der Waals surface area contributed by atoms with E-state index in [0.717, 1.165) is 69.0 Å². The van der Waals surface area contributed by atoms with Crippen LogP contribution in [0.3, 0.4) is 0 Å². The number of benzene rings is 3. The molecule has 0 aromatic heterocycles. The van der Waals surface area contributed by atoms with Crippen molar-refractivity contribution in [2.45, 2.75) is 37.0 Å². The van der Waals surface area contributed by atoms with Crippen LogP contribution in [0.25, 0.3) is 0 Å². The monoisotopic (exact) mass is 484 g/mol. The Kier molecular flexibility index (Phi) is 6.26. The summed E-state index contributed by atoms with van der Waals surface area (Å²) in [6.45, 7) is 5.10. The maximum atomic E-state index is 12.8. The zero-order valence-electron chi connectivity index (χ0n) is 20.2. The molecular weight excluding hydrogens is 452 g/mol. The van der Waals surface area contributed by atoms with Crippen molar-refractivity contribution in [2.24, 2.45) is 5.92 Å². The maximum Gasteiger partial charge on any atom is 0.166 e. The van der Waals surface area contributed by atoms with Gasteiger partial charge >= 0.3 is 0 Å². The number of piperidine rings is 1. The quantitative estimate of drug-likeness (QED) is 0.312. The molecule has 2 atom stereocenters. The van der Waals surface area contributed by atoms with Crippen LogP contribution in [0.2, 0.25) is 5.02 Å². The van der Waals surface area contributed by atoms with Crippen molar-refractivity contribution in [1.29, 1.82) is 0 Å². The van der Waals surface area contributed by atoms with Crippen LogP contribution in [0.5, 0.6) is 0 Å². The summed E-state index contributed by atoms with van der Waals surface area (Å²) in [5.41, 5.74) is 6.76. The van der Waals surface area contributed by atoms with Gasteiger partial charge in [0.1, 0.15) is 0 Å². The molecular formula is C31H33ClN2O. The highest BCUT2D eigenvalue weighted by Crippen LogP contribution is 2.60. The summed E-state index contributed by atoms with van der Waals surface area (Å²) < 4.78 is 0. The van der Waals surface area contributed by atoms with Crippen molar-refractivity contribution in [3.05, 3.63) is 106 Å². The van der Waals surface area contributed by atoms with Crippen molar-refractivity contribution in [3.63, 3.8) is 0 Å². The number of halogens is 1. The molecule has 180 valence electrons. The largest absolute Gasteiger partial charge is 0.315 e. The fourth-order valence-corrected chi connectivity index (χ4v) is 7.01. The van der Waals surface area contributed by atoms with Crippen LogP contribution < -0.4 is 5.32 Å². The SMILES string of the molecule is O=C(c1ccccc1)C1CCN(CCCNCC23CC(c4ccccc42)c2ccc(Cl)cc23)CC1. The Morgan fingerprint density at radius 3 is 2.51 bits per heavy atom. The zero-order chi connectivity index (χ0) is 23.8. The fraction of sp³-hybridized carbons (Fsp3) is 0.387. The van der Waals surface area contributed by atoms with E-state index >= 15 is 0 Å². The summed E-state index contributed by atoms with van der Waals surface area (Å²) in [6.07, 6.45) is 4.22. The first-order chi connectivity index (χ1) is 17.2. The second-order valence-corrected chi connectivity index (χ2v) is 11.0. The van der Waals surface area contributed by atoms with Gasteiger partial charge in [0.05, 0.1) is 0 Å². The van der Waals surface area contributed by atoms with Gasteiger partial charge in [-0.05, 0) is 86.2 Å². The fourth-order valence-electron chi connectivity index (χ4n) is 6.83. The minimum absolute atomic E-state index is 0.0393. The molecule has 1 saturated heterocycles. The number of hydrogen-bond acceptors (Lipinski definition) is 3. The molecule has 1 fully saturated rings. The predicted octanol–water partition coefficient (Wildman–Crippen LogP) is 6.05. The van der Waals surface area contributed by atoms with Crippen LogP contribution in [0.1, 0.15) is 64.2 Å². The van der Waals surface area contributed by atoms with Gasteiger partial charge in [-0.15, -0.1) is 0 Å². The summed E-state index contributed by atoms with van der Waals surface area (Å²) in [6, 6.07) is 25.2. The van der Waals surface area contributed by atoms with Gasteiger partial charge in [0.25, 0.3) is 0 Å². The van der Waals surface area contributed by atoms with E-state index in [2.05, 4.69) is 46.6 Å². The molecule has 3 aromatic rings. The van der Waals surface area contributed by atoms with Gasteiger partial charge in [-0.1, -0.05) is 72.3 Å². The molecule has 0 saturated carbocycles. The molecule has 0 radical (unpaired) electrons. The number of nitrogens with one attached hydrogen (secondary N) is 1. The van der Waals surface area contributed by atoms with E-state index in [1.807, 2.05) is 36.4 Å². The summed E-state index contributed by atoms with van der Waals surface area (Å²) in [5, 5.41) is 4.65. The van der Waals surface area contributed by atoms with Gasteiger partial charge in [-0.3, -0.25) is 4.79 Å². The Labute approximate surface area is 213 Å². The lowest BCUT2D eigenvalue weighted by atomic mass is 9.75. The van der Waals surface area contributed by atoms with E-state index in [-0.39, 0.29) is 11.3 Å². The van der Waals surface area contributed by atoms with E-state index < -0.39 is 0 Å². The number of likely N-dealkylation sites (tertiary alicyclic amines) is 1. The average molecular weight is 485 g/mol. The molecule has 35 heavy (non-hydrogen) atoms. The molecule has 6 rings (SSSR count). The molecule has 3 aromatic carbocycles. The van der Waals surface area contributed by atoms with Crippen molar-refractivity contribution in [1.82, 2.24) is 10.2 Å². The Hall–Kier alpha value is -2.46. The molecule has 0 amide bonds. The minimum atomic E-state index is 0.0393. The van der Waals surface area contributed by atoms with Crippen LogP contribution in [0, 0.1) is 5.92 Å². The summed E-state index contributed by atoms with van der Waals surface area (Å²) in [4.78, 5) is 15.3. The molecule has 3 aliphatic rings. The number of fused-ring (bicyclic) bond motifs is 8. The molecule has 0 spiro atoms. The normalized spacial score (nSPS) is 23.3. The smallest absolute Gasteiger partial charge is 0.166 e. The number of carbonyl (C=O) groups is 1. The molecule has 2 unspecified atom stereocenters. The van der Waals surface area contributed by atoms with Crippen LogP contribution in [0.4, 0.5) is 0 Å². The number of Topliss-reactive ketones (excluding diaryl/α,β-unsaturated/α-hetero) is 1. The Morgan fingerprint density at radius 1 is 0.943 bits per heavy atom. The molecule has 1 aliphatic heterocycles. The molecule has 1 N–H and O–H groups in total. The Bertz CT molecular complexity index is 1220. The number of nitrogens with zero attached hydrogens (tertiary/aromatic N) is 1. The first-order valence-electron chi connectivity index (χ1n) is 13.1. The van der Waals surface area contributed by atoms with E-state index in [1.165, 1.54) is 22.3 Å². The zero-order valence-corrected chi connectivity index (χ0v) is 20.9. The molecule has 2 aliphatic carbocycles. The first kappa shape index (κ1) is 23.0. The second kappa shape index (κ2) is 9.54. The van der Waals surface area contributed by atoms with Crippen LogP contribution >= 0.6 is 11.6 Å². The van der Waals surface area contributed by atoms with Crippen LogP contribution in [0.15, 0.2) is 72.8 Å². The van der Waals surface area contributed by atoms with Gasteiger partial charge in [-0.25, -0.2) is 0 Å². The Morgan fingerprint density at radius 2 is 1.69 bits per heavy atom. The maximum absolute atomic E-state index is 12.8. The van der Waals surface area contributed by atoms with Gasteiger partial charge in [0.15, 0.2) is 5.78 Å². The van der Waals surface area contributed by atoms with E-state index in [4.69, 9.17) is 11.6 Å². The number of rotatable bonds is 8. The highest BCUT2D eigenvalue weighted by Gasteiger charge is 2.52. The first-order valence-corrected chi connectivity index (χ1v) is 13.5. The van der Waals surface area contributed by atoms with E-state index in [0.29, 0.717) is 11.7 Å². The van der Waals surface area contributed by atoms with E-state index in [1.54, 1.807) is 0 Å². The molecule has 1 heterocycles. The van der Waals surface area contributed by atoms with Crippen molar-refractivity contribution >= 4 is 17.4 Å². The number of hydrogen-bond donors (Lipinski definition) is 1. The molecule has 2 bridgehead atoms. The second-order valence-electron chi connectivity index (χ2n) is 10.5. The van der Waals surface area contributed by atoms with Gasteiger partial charge in [0.2, 0.25) is 0 Å². The molecule has 3 nitrogen and oxygen atoms in total. The lowest BCUT2D eigenvalue weighted by molar-refractivity contribution is 0.0839. The topological polar surface area (TPSA) is 32.3 Å². The molecule has 4 heteroatoms. The third-order valence-corrected chi connectivity index (χ3v) is 8.82. The van der Waals surface area contributed by atoms with Gasteiger partial charge in [-0.2, -0.15) is 0 Å². The van der Waals surface area contributed by atoms with Gasteiger partial charge in [0, 0.05) is 34.4 Å². The standard InChI is InChI=1S/C31H33ClN2O/c32-24-11-12-26-27-20-31(29(26)19-24,28-10-5-4-9-25(27)28)21-33-15-6-16-34-17-13-23(14-18-34)30(35)22-7-2-1-3-8-22/h1-5,7-12,19,23,27,33H,6,13-18,20-21H2. The minimum Gasteiger partial charge on any atom is -0.315 e. The van der Waals surface area contributed by atoms with Crippen molar-refractivity contribution in [2.75, 3.05) is 32.7 Å². The third kappa shape index (κ3) is 4.14. The summed E-state index contributed by atoms with van der Waals surface area (Å²) in [7, 11) is 0. The Balaban J connectivity index is 1.02. The van der Waals surface area contributed by atoms with Crippen molar-refractivity contribution < 1.29 is 4.79 Å². The summed E-state index contributed by atoms with van der Waals surface area (Å²) in [5.74, 6) is 0.994. The van der Waals surface area contributed by atoms with Gasteiger partial charge < -0.3 is 10.2 Å². The number of carbonyl (C=O) groups excluding carboxylic acids is 1. The van der Waals surface area contributed by atoms with E-state index in [9.17, 15) is 4.79 Å². The lowest BCUT2D eigenvalue weighted by Gasteiger charge is -2.33. The van der Waals surface area contributed by atoms with Crippen LogP contribution in [-0.4, -0.2) is 43.4 Å². The lowest BCUT2D eigenvalue weighted by Crippen LogP contribution is -2.39. The average Bonchev–Trinajstić information content (AvgIpc) is 3.41. The highest BCUT2D eigenvalue weighted by atomic mass is 35.5. The third-order valence-electron chi connectivity index (χ3n) is 8.58. The van der Waals surface area contributed by atoms with Crippen molar-refractivity contribution in [3.8, 4) is 0 Å². The van der Waals surface area contributed by atoms with Crippen LogP contribution in [-0.2, 0) is 5.41 Å². The summed E-state index contributed by atoms with van der Waals surface area (Å²) >= 11 is 6.44. The number of ketones is 1. The highest BCUT2D eigenvalue weighted by molar-refractivity contribution is 6.30. The predicted molar refractivity (Wildman–Crippen MR) is 143 cm³/mol.